The second-order valence-corrected chi connectivity index (χ2v) is 9.24. The molecule has 7 heteroatoms. The molecule has 1 atom stereocenters. The summed E-state index contributed by atoms with van der Waals surface area (Å²) in [7, 11) is 2.00. The molecule has 7 nitrogen and oxygen atoms in total. The summed E-state index contributed by atoms with van der Waals surface area (Å²) in [5.41, 5.74) is 3.23. The molecule has 1 aromatic heterocycles. The molecule has 1 heterocycles. The van der Waals surface area contributed by atoms with E-state index >= 15 is 0 Å². The van der Waals surface area contributed by atoms with Crippen molar-refractivity contribution in [1.29, 1.82) is 5.26 Å². The number of benzene rings is 2. The lowest BCUT2D eigenvalue weighted by molar-refractivity contribution is 0.0930. The van der Waals surface area contributed by atoms with Crippen molar-refractivity contribution in [2.75, 3.05) is 6.61 Å². The van der Waals surface area contributed by atoms with Crippen LogP contribution < -0.4 is 5.32 Å². The maximum atomic E-state index is 12.7. The van der Waals surface area contributed by atoms with Gasteiger partial charge < -0.3 is 20.1 Å². The molecule has 3 rings (SSSR count). The molecule has 0 radical (unpaired) electrons. The van der Waals surface area contributed by atoms with Crippen LogP contribution in [0.2, 0.25) is 0 Å². The molecule has 0 spiro atoms. The number of nitriles is 1. The molecular formula is C26H30N4O3. The Kier molecular flexibility index (Phi) is 7.19. The molecule has 0 fully saturated rings. The predicted molar refractivity (Wildman–Crippen MR) is 127 cm³/mol. The minimum atomic E-state index is -0.357. The van der Waals surface area contributed by atoms with Crippen molar-refractivity contribution < 1.29 is 15.0 Å². The average molecular weight is 447 g/mol. The number of aromatic nitrogens is 2. The van der Waals surface area contributed by atoms with Gasteiger partial charge in [0.25, 0.3) is 5.91 Å². The van der Waals surface area contributed by atoms with Crippen LogP contribution in [0.5, 0.6) is 5.75 Å². The number of hydrogen-bond acceptors (Lipinski definition) is 5. The SMILES string of the molecule is Cn1cc(-c2ccc(C[C@@H](CCO)NC(=O)c3ccc(O)c(C#N)c3)cc2)nc1C(C)(C)C. The summed E-state index contributed by atoms with van der Waals surface area (Å²) in [5, 5.41) is 31.1. The number of rotatable bonds is 7. The number of hydrogen-bond donors (Lipinski definition) is 3. The van der Waals surface area contributed by atoms with Gasteiger partial charge in [-0.1, -0.05) is 45.0 Å². The number of nitrogens with zero attached hydrogens (tertiary/aromatic N) is 3. The highest BCUT2D eigenvalue weighted by Gasteiger charge is 2.21. The fourth-order valence-electron chi connectivity index (χ4n) is 3.82. The summed E-state index contributed by atoms with van der Waals surface area (Å²) >= 11 is 0. The maximum absolute atomic E-state index is 12.7. The highest BCUT2D eigenvalue weighted by molar-refractivity contribution is 5.95. The van der Waals surface area contributed by atoms with Gasteiger partial charge in [0.15, 0.2) is 0 Å². The first kappa shape index (κ1) is 24.0. The van der Waals surface area contributed by atoms with Crippen molar-refractivity contribution in [1.82, 2.24) is 14.9 Å². The monoisotopic (exact) mass is 446 g/mol. The third-order valence-corrected chi connectivity index (χ3v) is 5.47. The van der Waals surface area contributed by atoms with E-state index in [4.69, 9.17) is 10.2 Å². The Bertz CT molecular complexity index is 1170. The first-order valence-electron chi connectivity index (χ1n) is 10.9. The Hall–Kier alpha value is -3.63. The second kappa shape index (κ2) is 9.88. The molecular weight excluding hydrogens is 416 g/mol. The molecule has 172 valence electrons. The number of phenols is 1. The summed E-state index contributed by atoms with van der Waals surface area (Å²) in [5.74, 6) is 0.495. The van der Waals surface area contributed by atoms with Crippen molar-refractivity contribution in [3.8, 4) is 23.1 Å². The minimum absolute atomic E-state index is 0.0427. The zero-order valence-electron chi connectivity index (χ0n) is 19.5. The number of carbonyl (C=O) groups excluding carboxylic acids is 1. The summed E-state index contributed by atoms with van der Waals surface area (Å²) in [4.78, 5) is 17.5. The van der Waals surface area contributed by atoms with E-state index in [0.29, 0.717) is 12.8 Å². The van der Waals surface area contributed by atoms with Crippen LogP contribution in [0.4, 0.5) is 0 Å². The van der Waals surface area contributed by atoms with Crippen LogP contribution in [0, 0.1) is 11.3 Å². The third-order valence-electron chi connectivity index (χ3n) is 5.47. The van der Waals surface area contributed by atoms with Crippen LogP contribution in [0.3, 0.4) is 0 Å². The van der Waals surface area contributed by atoms with Gasteiger partial charge in [-0.2, -0.15) is 5.26 Å². The fraction of sp³-hybridized carbons (Fsp3) is 0.346. The highest BCUT2D eigenvalue weighted by atomic mass is 16.3. The first-order chi connectivity index (χ1) is 15.6. The van der Waals surface area contributed by atoms with Crippen molar-refractivity contribution in [2.45, 2.75) is 45.1 Å². The molecule has 1 amide bonds. The van der Waals surface area contributed by atoms with E-state index in [2.05, 4.69) is 30.7 Å². The summed E-state index contributed by atoms with van der Waals surface area (Å²) in [6.07, 6.45) is 2.97. The highest BCUT2D eigenvalue weighted by Crippen LogP contribution is 2.26. The lowest BCUT2D eigenvalue weighted by atomic mass is 9.96. The Labute approximate surface area is 194 Å². The van der Waals surface area contributed by atoms with Crippen LogP contribution in [-0.2, 0) is 18.9 Å². The molecule has 0 saturated carbocycles. The maximum Gasteiger partial charge on any atom is 0.251 e. The lowest BCUT2D eigenvalue weighted by Crippen LogP contribution is -2.37. The first-order valence-corrected chi connectivity index (χ1v) is 10.9. The van der Waals surface area contributed by atoms with Gasteiger partial charge in [0, 0.05) is 42.4 Å². The zero-order valence-corrected chi connectivity index (χ0v) is 19.5. The van der Waals surface area contributed by atoms with E-state index in [0.717, 1.165) is 22.6 Å². The molecule has 0 aliphatic heterocycles. The Morgan fingerprint density at radius 3 is 2.48 bits per heavy atom. The van der Waals surface area contributed by atoms with E-state index in [-0.39, 0.29) is 40.8 Å². The van der Waals surface area contributed by atoms with Gasteiger partial charge in [-0.05, 0) is 36.6 Å². The Morgan fingerprint density at radius 2 is 1.91 bits per heavy atom. The van der Waals surface area contributed by atoms with Gasteiger partial charge in [-0.15, -0.1) is 0 Å². The summed E-state index contributed by atoms with van der Waals surface area (Å²) in [6, 6.07) is 13.8. The van der Waals surface area contributed by atoms with Crippen LogP contribution >= 0.6 is 0 Å². The number of carbonyl (C=O) groups is 1. The van der Waals surface area contributed by atoms with Crippen LogP contribution in [0.1, 0.15) is 54.5 Å². The molecule has 2 aromatic carbocycles. The van der Waals surface area contributed by atoms with E-state index in [9.17, 15) is 15.0 Å². The van der Waals surface area contributed by atoms with Crippen molar-refractivity contribution in [3.05, 3.63) is 71.2 Å². The van der Waals surface area contributed by atoms with Crippen molar-refractivity contribution in [2.24, 2.45) is 7.05 Å². The molecule has 0 aliphatic carbocycles. The Morgan fingerprint density at radius 1 is 1.21 bits per heavy atom. The largest absolute Gasteiger partial charge is 0.507 e. The van der Waals surface area contributed by atoms with E-state index < -0.39 is 0 Å². The van der Waals surface area contributed by atoms with Crippen molar-refractivity contribution in [3.63, 3.8) is 0 Å². The van der Waals surface area contributed by atoms with Gasteiger partial charge in [-0.25, -0.2) is 4.98 Å². The van der Waals surface area contributed by atoms with Crippen LogP contribution in [-0.4, -0.2) is 38.3 Å². The molecule has 0 saturated heterocycles. The minimum Gasteiger partial charge on any atom is -0.507 e. The van der Waals surface area contributed by atoms with Gasteiger partial charge in [0.2, 0.25) is 0 Å². The molecule has 3 aromatic rings. The number of aromatic hydroxyl groups is 1. The second-order valence-electron chi connectivity index (χ2n) is 9.24. The average Bonchev–Trinajstić information content (AvgIpc) is 3.17. The smallest absolute Gasteiger partial charge is 0.251 e. The Balaban J connectivity index is 1.72. The number of imidazole rings is 1. The van der Waals surface area contributed by atoms with Gasteiger partial charge >= 0.3 is 0 Å². The number of amides is 1. The number of nitrogens with one attached hydrogen (secondary N) is 1. The lowest BCUT2D eigenvalue weighted by Gasteiger charge is -2.18. The molecule has 3 N–H and O–H groups in total. The normalized spacial score (nSPS) is 12.2. The van der Waals surface area contributed by atoms with E-state index in [1.165, 1.54) is 18.2 Å². The quantitative estimate of drug-likeness (QED) is 0.513. The van der Waals surface area contributed by atoms with Crippen molar-refractivity contribution >= 4 is 5.91 Å². The zero-order chi connectivity index (χ0) is 24.2. The van der Waals surface area contributed by atoms with Crippen LogP contribution in [0.15, 0.2) is 48.7 Å². The summed E-state index contributed by atoms with van der Waals surface area (Å²) in [6.45, 7) is 6.34. The van der Waals surface area contributed by atoms with Gasteiger partial charge in [0.1, 0.15) is 17.6 Å². The molecule has 0 unspecified atom stereocenters. The summed E-state index contributed by atoms with van der Waals surface area (Å²) < 4.78 is 2.05. The predicted octanol–water partition coefficient (Wildman–Crippen LogP) is 3.69. The van der Waals surface area contributed by atoms with Crippen LogP contribution in [0.25, 0.3) is 11.3 Å². The number of aliphatic hydroxyl groups is 1. The molecule has 33 heavy (non-hydrogen) atoms. The number of aliphatic hydroxyl groups excluding tert-OH is 1. The standard InChI is InChI=1S/C26H30N4O3/c1-26(2,3)25-29-22(16-30(25)4)18-7-5-17(6-8-18)13-21(11-12-31)28-24(33)19-9-10-23(32)20(14-19)15-27/h5-10,14,16,21,31-32H,11-13H2,1-4H3,(H,28,33)/t21-/m1/s1. The number of phenolic OH excluding ortho intramolecular Hbond substituents is 1. The third kappa shape index (κ3) is 5.79. The molecule has 0 aliphatic rings. The van der Waals surface area contributed by atoms with Gasteiger partial charge in [0.05, 0.1) is 11.3 Å². The number of aryl methyl sites for hydroxylation is 1. The molecule has 0 bridgehead atoms. The van der Waals surface area contributed by atoms with E-state index in [1.54, 1.807) is 0 Å². The topological polar surface area (TPSA) is 111 Å². The van der Waals surface area contributed by atoms with E-state index in [1.807, 2.05) is 43.6 Å². The van der Waals surface area contributed by atoms with Gasteiger partial charge in [-0.3, -0.25) is 4.79 Å². The fourth-order valence-corrected chi connectivity index (χ4v) is 3.82.